The van der Waals surface area contributed by atoms with E-state index in [-0.39, 0.29) is 0 Å². The molecule has 0 bridgehead atoms. The van der Waals surface area contributed by atoms with E-state index < -0.39 is 46.1 Å². The van der Waals surface area contributed by atoms with Crippen LogP contribution in [0.15, 0.2) is 0 Å². The van der Waals surface area contributed by atoms with Crippen LogP contribution in [0.25, 0.3) is 0 Å². The lowest BCUT2D eigenvalue weighted by Crippen LogP contribution is -2.22. The van der Waals surface area contributed by atoms with Crippen LogP contribution in [0.2, 0.25) is 0 Å². The zero-order chi connectivity index (χ0) is 15.9. The molecule has 0 saturated carbocycles. The zero-order valence-electron chi connectivity index (χ0n) is 9.12. The molecule has 2 N–H and O–H groups in total. The second kappa shape index (κ2) is 4.56. The first kappa shape index (κ1) is 15.6. The number of benzene rings is 1. The molecule has 0 aliphatic rings. The third-order valence-electron chi connectivity index (χ3n) is 2.27. The van der Waals surface area contributed by atoms with Gasteiger partial charge < -0.3 is 5.73 Å². The number of nitrogens with zero attached hydrogens (tertiary/aromatic N) is 2. The van der Waals surface area contributed by atoms with Crippen LogP contribution in [0.3, 0.4) is 0 Å². The molecule has 0 radical (unpaired) electrons. The largest absolute Gasteiger partial charge is 0.419 e. The molecule has 3 nitrogen and oxygen atoms in total. The molecule has 0 unspecified atom stereocenters. The van der Waals surface area contributed by atoms with Crippen molar-refractivity contribution in [3.8, 4) is 12.1 Å². The van der Waals surface area contributed by atoms with Gasteiger partial charge in [0.1, 0.15) is 17.7 Å². The number of anilines is 1. The minimum atomic E-state index is -5.73. The Bertz CT molecular complexity index is 644. The lowest BCUT2D eigenvalue weighted by molar-refractivity contribution is -0.164. The average Bonchev–Trinajstić information content (AvgIpc) is 2.28. The summed E-state index contributed by atoms with van der Waals surface area (Å²) in [5, 5.41) is 17.1. The molecule has 20 heavy (non-hydrogen) atoms. The van der Waals surface area contributed by atoms with Crippen LogP contribution in [-0.4, -0.2) is 0 Å². The van der Waals surface area contributed by atoms with E-state index in [0.717, 1.165) is 12.1 Å². The Morgan fingerprint density at radius 2 is 1.20 bits per heavy atom. The zero-order valence-corrected chi connectivity index (χ0v) is 9.12. The Morgan fingerprint density at radius 1 is 0.800 bits per heavy atom. The first-order valence-corrected chi connectivity index (χ1v) is 4.56. The van der Waals surface area contributed by atoms with Gasteiger partial charge in [0.2, 0.25) is 0 Å². The van der Waals surface area contributed by atoms with Crippen LogP contribution >= 0.6 is 0 Å². The summed E-state index contributed by atoms with van der Waals surface area (Å²) in [6, 6.07) is 1.80. The first-order chi connectivity index (χ1) is 8.96. The molecule has 0 spiro atoms. The van der Waals surface area contributed by atoms with E-state index in [2.05, 4.69) is 0 Å². The fourth-order valence-electron chi connectivity index (χ4n) is 1.52. The Morgan fingerprint density at radius 3 is 1.50 bits per heavy atom. The van der Waals surface area contributed by atoms with Crippen molar-refractivity contribution in [3.05, 3.63) is 28.1 Å². The van der Waals surface area contributed by atoms with E-state index in [1.54, 1.807) is 0 Å². The van der Waals surface area contributed by atoms with Crippen molar-refractivity contribution < 1.29 is 30.7 Å². The van der Waals surface area contributed by atoms with Gasteiger partial charge in [0.15, 0.2) is 5.82 Å². The normalized spacial score (nSPS) is 11.8. The lowest BCUT2D eigenvalue weighted by Gasteiger charge is -2.19. The molecular formula is C10H2F7N3. The SMILES string of the molecule is N#Cc1c(N)c(F)c(C(F)(F)F)c(C(F)(F)F)c1C#N. The molecule has 0 heterocycles. The van der Waals surface area contributed by atoms with Crippen LogP contribution in [0.1, 0.15) is 22.3 Å². The van der Waals surface area contributed by atoms with Gasteiger partial charge in [-0.3, -0.25) is 0 Å². The summed E-state index contributed by atoms with van der Waals surface area (Å²) >= 11 is 0. The predicted octanol–water partition coefficient (Wildman–Crippen LogP) is 3.19. The Balaban J connectivity index is 4.12. The molecule has 0 aliphatic carbocycles. The number of rotatable bonds is 0. The maximum absolute atomic E-state index is 13.4. The van der Waals surface area contributed by atoms with Gasteiger partial charge in [-0.25, -0.2) is 4.39 Å². The Kier molecular flexibility index (Phi) is 3.55. The standard InChI is InChI=1S/C10H2F7N3/c11-7-6(10(15,16)17)5(9(12,13)14)3(1-18)4(2-19)8(7)20/h20H2. The molecule has 0 fully saturated rings. The second-order valence-electron chi connectivity index (χ2n) is 3.45. The third kappa shape index (κ3) is 2.32. The van der Waals surface area contributed by atoms with Crippen LogP contribution in [-0.2, 0) is 12.4 Å². The molecule has 10 heteroatoms. The fourth-order valence-corrected chi connectivity index (χ4v) is 1.52. The number of halogens is 7. The van der Waals surface area contributed by atoms with Gasteiger partial charge in [-0.1, -0.05) is 0 Å². The summed E-state index contributed by atoms with van der Waals surface area (Å²) in [6.45, 7) is 0. The molecule has 0 amide bonds. The van der Waals surface area contributed by atoms with Crippen molar-refractivity contribution in [2.45, 2.75) is 12.4 Å². The molecular weight excluding hydrogens is 295 g/mol. The minimum Gasteiger partial charge on any atom is -0.395 e. The molecule has 1 rings (SSSR count). The highest BCUT2D eigenvalue weighted by molar-refractivity contribution is 5.68. The minimum absolute atomic E-state index is 0.813. The summed E-state index contributed by atoms with van der Waals surface area (Å²) in [5.74, 6) is -2.43. The van der Waals surface area contributed by atoms with Gasteiger partial charge in [-0.2, -0.15) is 36.9 Å². The van der Waals surface area contributed by atoms with Crippen LogP contribution in [0.4, 0.5) is 36.4 Å². The fraction of sp³-hybridized carbons (Fsp3) is 0.200. The molecule has 0 aromatic heterocycles. The molecule has 106 valence electrons. The molecule has 0 saturated heterocycles. The number of nitrogen functional groups attached to an aromatic ring is 1. The number of hydrogen-bond acceptors (Lipinski definition) is 3. The number of hydrogen-bond donors (Lipinski definition) is 1. The lowest BCUT2D eigenvalue weighted by atomic mass is 9.94. The summed E-state index contributed by atoms with van der Waals surface area (Å²) in [4.78, 5) is 0. The highest BCUT2D eigenvalue weighted by atomic mass is 19.4. The summed E-state index contributed by atoms with van der Waals surface area (Å²) in [7, 11) is 0. The van der Waals surface area contributed by atoms with Crippen molar-refractivity contribution in [1.29, 1.82) is 10.5 Å². The molecule has 1 aromatic carbocycles. The summed E-state index contributed by atoms with van der Waals surface area (Å²) < 4.78 is 89.3. The van der Waals surface area contributed by atoms with Crippen LogP contribution < -0.4 is 5.73 Å². The number of nitriles is 2. The summed E-state index contributed by atoms with van der Waals surface area (Å²) in [5.41, 5.74) is -4.81. The molecule has 1 aromatic rings. The molecule has 0 atom stereocenters. The quantitative estimate of drug-likeness (QED) is 0.590. The summed E-state index contributed by atoms with van der Waals surface area (Å²) in [6.07, 6.45) is -11.4. The van der Waals surface area contributed by atoms with Gasteiger partial charge >= 0.3 is 12.4 Å². The van der Waals surface area contributed by atoms with E-state index in [1.165, 1.54) is 0 Å². The Labute approximate surface area is 106 Å². The van der Waals surface area contributed by atoms with Crippen LogP contribution in [0.5, 0.6) is 0 Å². The van der Waals surface area contributed by atoms with E-state index >= 15 is 0 Å². The van der Waals surface area contributed by atoms with E-state index in [0.29, 0.717) is 0 Å². The van der Waals surface area contributed by atoms with Gasteiger partial charge in [0, 0.05) is 0 Å². The number of nitrogens with two attached hydrogens (primary N) is 1. The maximum atomic E-state index is 13.4. The second-order valence-corrected chi connectivity index (χ2v) is 3.45. The van der Waals surface area contributed by atoms with E-state index in [9.17, 15) is 30.7 Å². The van der Waals surface area contributed by atoms with Crippen molar-refractivity contribution in [2.75, 3.05) is 5.73 Å². The average molecular weight is 297 g/mol. The van der Waals surface area contributed by atoms with Gasteiger partial charge in [-0.05, 0) is 0 Å². The topological polar surface area (TPSA) is 73.6 Å². The van der Waals surface area contributed by atoms with E-state index in [1.807, 2.05) is 0 Å². The third-order valence-corrected chi connectivity index (χ3v) is 2.27. The first-order valence-electron chi connectivity index (χ1n) is 4.56. The Hall–Kier alpha value is -2.49. The highest BCUT2D eigenvalue weighted by Crippen LogP contribution is 2.46. The van der Waals surface area contributed by atoms with Crippen molar-refractivity contribution in [3.63, 3.8) is 0 Å². The maximum Gasteiger partial charge on any atom is 0.419 e. The smallest absolute Gasteiger partial charge is 0.395 e. The van der Waals surface area contributed by atoms with Crippen LogP contribution in [0, 0.1) is 28.5 Å². The highest BCUT2D eigenvalue weighted by Gasteiger charge is 2.49. The van der Waals surface area contributed by atoms with Gasteiger partial charge in [0.05, 0.1) is 22.4 Å². The monoisotopic (exact) mass is 297 g/mol. The van der Waals surface area contributed by atoms with Gasteiger partial charge in [-0.15, -0.1) is 0 Å². The van der Waals surface area contributed by atoms with Crippen molar-refractivity contribution in [1.82, 2.24) is 0 Å². The number of alkyl halides is 6. The molecule has 0 aliphatic heterocycles. The van der Waals surface area contributed by atoms with E-state index in [4.69, 9.17) is 16.3 Å². The van der Waals surface area contributed by atoms with Crippen molar-refractivity contribution in [2.24, 2.45) is 0 Å². The predicted molar refractivity (Wildman–Crippen MR) is 50.2 cm³/mol. The van der Waals surface area contributed by atoms with Crippen molar-refractivity contribution >= 4 is 5.69 Å². The van der Waals surface area contributed by atoms with Gasteiger partial charge in [0.25, 0.3) is 0 Å².